The molecule has 0 unspecified atom stereocenters. The third-order valence-corrected chi connectivity index (χ3v) is 5.71. The van der Waals surface area contributed by atoms with Crippen molar-refractivity contribution in [3.63, 3.8) is 0 Å². The SMILES string of the molecule is CN(Cc1ccccc1NC(=O)c1csc(CN)n1)C1CCCCC1.Cl.Cl. The van der Waals surface area contributed by atoms with Crippen LogP contribution in [0.5, 0.6) is 0 Å². The third kappa shape index (κ3) is 6.43. The monoisotopic (exact) mass is 430 g/mol. The summed E-state index contributed by atoms with van der Waals surface area (Å²) in [7, 11) is 2.18. The van der Waals surface area contributed by atoms with E-state index in [0.29, 0.717) is 18.3 Å². The summed E-state index contributed by atoms with van der Waals surface area (Å²) in [5.41, 5.74) is 8.00. The largest absolute Gasteiger partial charge is 0.325 e. The lowest BCUT2D eigenvalue weighted by Gasteiger charge is -2.31. The standard InChI is InChI=1S/C19H26N4OS.2ClH/c1-23(15-8-3-2-4-9-15)12-14-7-5-6-10-16(14)22-19(24)17-13-25-18(11-20)21-17;;/h5-7,10,13,15H,2-4,8-9,11-12,20H2,1H3,(H,22,24);2*1H. The van der Waals surface area contributed by atoms with Crippen LogP contribution < -0.4 is 11.1 Å². The van der Waals surface area contributed by atoms with Gasteiger partial charge in [-0.1, -0.05) is 37.5 Å². The Morgan fingerprint density at radius 1 is 1.26 bits per heavy atom. The van der Waals surface area contributed by atoms with Gasteiger partial charge in [-0.3, -0.25) is 9.69 Å². The fourth-order valence-electron chi connectivity index (χ4n) is 3.40. The zero-order valence-electron chi connectivity index (χ0n) is 15.5. The summed E-state index contributed by atoms with van der Waals surface area (Å²) in [6.07, 6.45) is 6.54. The number of nitrogens with zero attached hydrogens (tertiary/aromatic N) is 2. The van der Waals surface area contributed by atoms with Crippen molar-refractivity contribution >= 4 is 47.7 Å². The zero-order chi connectivity index (χ0) is 17.6. The molecule has 8 heteroatoms. The van der Waals surface area contributed by atoms with Gasteiger partial charge >= 0.3 is 0 Å². The van der Waals surface area contributed by atoms with Crippen LogP contribution in [-0.4, -0.2) is 28.9 Å². The fourth-order valence-corrected chi connectivity index (χ4v) is 4.05. The van der Waals surface area contributed by atoms with E-state index in [4.69, 9.17) is 5.73 Å². The van der Waals surface area contributed by atoms with Crippen LogP contribution in [0.15, 0.2) is 29.6 Å². The van der Waals surface area contributed by atoms with Gasteiger partial charge in [0.15, 0.2) is 0 Å². The molecule has 27 heavy (non-hydrogen) atoms. The van der Waals surface area contributed by atoms with E-state index in [2.05, 4.69) is 28.3 Å². The number of nitrogens with one attached hydrogen (secondary N) is 1. The average Bonchev–Trinajstić information content (AvgIpc) is 3.13. The van der Waals surface area contributed by atoms with Gasteiger partial charge in [-0.2, -0.15) is 0 Å². The van der Waals surface area contributed by atoms with E-state index in [9.17, 15) is 4.79 Å². The normalized spacial score (nSPS) is 14.3. The number of para-hydroxylation sites is 1. The number of amides is 1. The predicted molar refractivity (Wildman–Crippen MR) is 117 cm³/mol. The van der Waals surface area contributed by atoms with E-state index in [-0.39, 0.29) is 30.7 Å². The van der Waals surface area contributed by atoms with Crippen LogP contribution in [0.3, 0.4) is 0 Å². The first-order valence-electron chi connectivity index (χ1n) is 8.91. The van der Waals surface area contributed by atoms with Crippen LogP contribution in [0, 0.1) is 0 Å². The molecular weight excluding hydrogens is 403 g/mol. The van der Waals surface area contributed by atoms with Crippen molar-refractivity contribution in [2.45, 2.75) is 51.2 Å². The van der Waals surface area contributed by atoms with Gasteiger partial charge in [0.25, 0.3) is 5.91 Å². The highest BCUT2D eigenvalue weighted by Gasteiger charge is 2.19. The Labute approximate surface area is 177 Å². The first kappa shape index (κ1) is 23.9. The molecule has 1 aliphatic rings. The second kappa shape index (κ2) is 11.6. The number of carbonyl (C=O) groups excluding carboxylic acids is 1. The molecule has 2 aromatic rings. The molecule has 0 spiro atoms. The van der Waals surface area contributed by atoms with E-state index >= 15 is 0 Å². The quantitative estimate of drug-likeness (QED) is 0.709. The molecule has 1 amide bonds. The molecule has 0 bridgehead atoms. The lowest BCUT2D eigenvalue weighted by molar-refractivity contribution is 0.102. The van der Waals surface area contributed by atoms with Gasteiger partial charge in [-0.05, 0) is 31.5 Å². The summed E-state index contributed by atoms with van der Waals surface area (Å²) in [4.78, 5) is 19.1. The number of halogens is 2. The predicted octanol–water partition coefficient (Wildman–Crippen LogP) is 4.46. The molecule has 1 heterocycles. The Bertz CT molecular complexity index is 719. The first-order chi connectivity index (χ1) is 12.2. The van der Waals surface area contributed by atoms with Crippen LogP contribution in [0.25, 0.3) is 0 Å². The van der Waals surface area contributed by atoms with Gasteiger partial charge in [0.1, 0.15) is 10.7 Å². The molecule has 0 saturated heterocycles. The molecule has 3 N–H and O–H groups in total. The van der Waals surface area contributed by atoms with Crippen molar-refractivity contribution in [1.29, 1.82) is 0 Å². The highest BCUT2D eigenvalue weighted by atomic mass is 35.5. The van der Waals surface area contributed by atoms with Crippen molar-refractivity contribution in [2.75, 3.05) is 12.4 Å². The molecule has 1 fully saturated rings. The number of carbonyl (C=O) groups is 1. The van der Waals surface area contributed by atoms with E-state index in [1.165, 1.54) is 43.4 Å². The molecular formula is C19H28Cl2N4OS. The van der Waals surface area contributed by atoms with Crippen molar-refractivity contribution in [2.24, 2.45) is 5.73 Å². The number of thiazole rings is 1. The summed E-state index contributed by atoms with van der Waals surface area (Å²) in [5, 5.41) is 5.54. The van der Waals surface area contributed by atoms with Crippen molar-refractivity contribution in [3.05, 3.63) is 45.9 Å². The number of hydrogen-bond acceptors (Lipinski definition) is 5. The lowest BCUT2D eigenvalue weighted by atomic mass is 9.94. The maximum absolute atomic E-state index is 12.5. The third-order valence-electron chi connectivity index (χ3n) is 4.84. The van der Waals surface area contributed by atoms with Crippen molar-refractivity contribution in [1.82, 2.24) is 9.88 Å². The first-order valence-corrected chi connectivity index (χ1v) is 9.79. The highest BCUT2D eigenvalue weighted by Crippen LogP contribution is 2.25. The Morgan fingerprint density at radius 3 is 2.63 bits per heavy atom. The molecule has 1 aliphatic carbocycles. The van der Waals surface area contributed by atoms with Gasteiger partial charge in [0.2, 0.25) is 0 Å². The van der Waals surface area contributed by atoms with Crippen LogP contribution in [0.2, 0.25) is 0 Å². The Hall–Kier alpha value is -1.18. The number of nitrogens with two attached hydrogens (primary N) is 1. The lowest BCUT2D eigenvalue weighted by Crippen LogP contribution is -2.33. The molecule has 3 rings (SSSR count). The zero-order valence-corrected chi connectivity index (χ0v) is 18.0. The number of benzene rings is 1. The van der Waals surface area contributed by atoms with Crippen LogP contribution in [-0.2, 0) is 13.1 Å². The molecule has 150 valence electrons. The fraction of sp³-hybridized carbons (Fsp3) is 0.474. The summed E-state index contributed by atoms with van der Waals surface area (Å²) < 4.78 is 0. The maximum Gasteiger partial charge on any atom is 0.275 e. The van der Waals surface area contributed by atoms with Gasteiger partial charge < -0.3 is 11.1 Å². The second-order valence-corrected chi connectivity index (χ2v) is 7.59. The number of rotatable bonds is 6. The highest BCUT2D eigenvalue weighted by molar-refractivity contribution is 7.09. The maximum atomic E-state index is 12.5. The minimum absolute atomic E-state index is 0. The molecule has 0 atom stereocenters. The molecule has 5 nitrogen and oxygen atoms in total. The molecule has 0 radical (unpaired) electrons. The van der Waals surface area contributed by atoms with Gasteiger partial charge in [-0.15, -0.1) is 36.2 Å². The van der Waals surface area contributed by atoms with Gasteiger partial charge in [-0.25, -0.2) is 4.98 Å². The second-order valence-electron chi connectivity index (χ2n) is 6.65. The molecule has 1 aromatic carbocycles. The number of anilines is 1. The van der Waals surface area contributed by atoms with Crippen LogP contribution in [0.4, 0.5) is 5.69 Å². The number of aromatic nitrogens is 1. The van der Waals surface area contributed by atoms with E-state index in [0.717, 1.165) is 22.8 Å². The molecule has 1 saturated carbocycles. The van der Waals surface area contributed by atoms with Gasteiger partial charge in [0.05, 0.1) is 0 Å². The number of hydrogen-bond donors (Lipinski definition) is 2. The van der Waals surface area contributed by atoms with Crippen molar-refractivity contribution in [3.8, 4) is 0 Å². The smallest absolute Gasteiger partial charge is 0.275 e. The summed E-state index contributed by atoms with van der Waals surface area (Å²) in [5.74, 6) is -0.177. The van der Waals surface area contributed by atoms with Crippen molar-refractivity contribution < 1.29 is 4.79 Å². The topological polar surface area (TPSA) is 71.2 Å². The molecule has 0 aliphatic heterocycles. The Kier molecular flexibility index (Phi) is 10.3. The van der Waals surface area contributed by atoms with Crippen LogP contribution >= 0.6 is 36.2 Å². The Morgan fingerprint density at radius 2 is 1.96 bits per heavy atom. The summed E-state index contributed by atoms with van der Waals surface area (Å²) in [6.45, 7) is 1.20. The van der Waals surface area contributed by atoms with Crippen LogP contribution in [0.1, 0.15) is 53.2 Å². The minimum atomic E-state index is -0.177. The summed E-state index contributed by atoms with van der Waals surface area (Å²) in [6, 6.07) is 8.66. The van der Waals surface area contributed by atoms with Gasteiger partial charge in [0, 0.05) is 30.2 Å². The van der Waals surface area contributed by atoms with E-state index in [1.807, 2.05) is 18.2 Å². The summed E-state index contributed by atoms with van der Waals surface area (Å²) >= 11 is 1.42. The average molecular weight is 431 g/mol. The molecule has 1 aromatic heterocycles. The van der Waals surface area contributed by atoms with E-state index < -0.39 is 0 Å². The minimum Gasteiger partial charge on any atom is -0.325 e. The van der Waals surface area contributed by atoms with E-state index in [1.54, 1.807) is 5.38 Å². The Balaban J connectivity index is 0.00000182.